The van der Waals surface area contributed by atoms with Crippen LogP contribution < -0.4 is 10.5 Å². The van der Waals surface area contributed by atoms with Crippen molar-refractivity contribution >= 4 is 11.8 Å². The molecule has 1 aliphatic heterocycles. The third-order valence-electron chi connectivity index (χ3n) is 3.26. The lowest BCUT2D eigenvalue weighted by molar-refractivity contribution is -0.141. The number of ether oxygens (including phenoxy) is 1. The molecule has 0 aromatic heterocycles. The van der Waals surface area contributed by atoms with Crippen LogP contribution in [0, 0.1) is 0 Å². The molecule has 0 aliphatic carbocycles. The van der Waals surface area contributed by atoms with E-state index >= 15 is 0 Å². The lowest BCUT2D eigenvalue weighted by Gasteiger charge is -2.14. The number of hydrogen-bond acceptors (Lipinski definition) is 4. The fraction of sp³-hybridized carbons (Fsp3) is 0.429. The van der Waals surface area contributed by atoms with Crippen LogP contribution in [-0.2, 0) is 16.0 Å². The first kappa shape index (κ1) is 13.5. The lowest BCUT2D eigenvalue weighted by Crippen LogP contribution is -2.34. The minimum absolute atomic E-state index is 0.163. The predicted molar refractivity (Wildman–Crippen MR) is 70.6 cm³/mol. The highest BCUT2D eigenvalue weighted by Gasteiger charge is 2.31. The molecule has 19 heavy (non-hydrogen) atoms. The van der Waals surface area contributed by atoms with Crippen LogP contribution in [0.1, 0.15) is 18.4 Å². The first-order chi connectivity index (χ1) is 9.11. The average Bonchev–Trinajstić information content (AvgIpc) is 2.75. The molecule has 1 atom stereocenters. The Morgan fingerprint density at radius 3 is 2.84 bits per heavy atom. The summed E-state index contributed by atoms with van der Waals surface area (Å²) >= 11 is 0. The van der Waals surface area contributed by atoms with Crippen molar-refractivity contribution in [3.05, 3.63) is 29.8 Å². The topological polar surface area (TPSA) is 72.6 Å². The molecule has 102 valence electrons. The van der Waals surface area contributed by atoms with Gasteiger partial charge in [-0.25, -0.2) is 0 Å². The van der Waals surface area contributed by atoms with Gasteiger partial charge in [0.25, 0.3) is 0 Å². The van der Waals surface area contributed by atoms with Crippen LogP contribution in [0.15, 0.2) is 24.3 Å². The molecular formula is C14H18N2O3. The summed E-state index contributed by atoms with van der Waals surface area (Å²) in [7, 11) is 1.60. The maximum absolute atomic E-state index is 12.0. The second-order valence-electron chi connectivity index (χ2n) is 4.67. The molecule has 1 aliphatic rings. The van der Waals surface area contributed by atoms with Gasteiger partial charge in [0.2, 0.25) is 11.8 Å². The van der Waals surface area contributed by atoms with Gasteiger partial charge in [-0.2, -0.15) is 0 Å². The molecule has 1 aromatic rings. The van der Waals surface area contributed by atoms with E-state index in [-0.39, 0.29) is 24.3 Å². The predicted octanol–water partition coefficient (Wildman–Crippen LogP) is 0.714. The Hall–Kier alpha value is -1.88. The number of para-hydroxylation sites is 1. The van der Waals surface area contributed by atoms with Crippen molar-refractivity contribution in [1.29, 1.82) is 0 Å². The Morgan fingerprint density at radius 2 is 2.21 bits per heavy atom. The van der Waals surface area contributed by atoms with Crippen molar-refractivity contribution in [1.82, 2.24) is 4.90 Å². The molecule has 1 fully saturated rings. The Labute approximate surface area is 112 Å². The molecule has 0 radical (unpaired) electrons. The van der Waals surface area contributed by atoms with Crippen LogP contribution >= 0.6 is 0 Å². The van der Waals surface area contributed by atoms with Gasteiger partial charge in [0.05, 0.1) is 7.11 Å². The Balaban J connectivity index is 1.95. The van der Waals surface area contributed by atoms with Gasteiger partial charge in [0.1, 0.15) is 5.75 Å². The van der Waals surface area contributed by atoms with E-state index in [1.165, 1.54) is 4.90 Å². The van der Waals surface area contributed by atoms with Crippen molar-refractivity contribution in [3.63, 3.8) is 0 Å². The van der Waals surface area contributed by atoms with Crippen LogP contribution in [0.2, 0.25) is 0 Å². The normalized spacial score (nSPS) is 18.7. The van der Waals surface area contributed by atoms with E-state index in [4.69, 9.17) is 10.5 Å². The molecule has 5 heteroatoms. The van der Waals surface area contributed by atoms with Gasteiger partial charge in [-0.1, -0.05) is 18.2 Å². The summed E-state index contributed by atoms with van der Waals surface area (Å²) in [5, 5.41) is 0. The number of carbonyl (C=O) groups is 2. The van der Waals surface area contributed by atoms with E-state index in [2.05, 4.69) is 0 Å². The van der Waals surface area contributed by atoms with Gasteiger partial charge in [0.15, 0.2) is 0 Å². The molecule has 0 saturated carbocycles. The Morgan fingerprint density at radius 1 is 1.47 bits per heavy atom. The van der Waals surface area contributed by atoms with Crippen LogP contribution in [0.4, 0.5) is 0 Å². The maximum Gasteiger partial charge on any atom is 0.230 e. The second-order valence-corrected chi connectivity index (χ2v) is 4.67. The highest BCUT2D eigenvalue weighted by atomic mass is 16.5. The van der Waals surface area contributed by atoms with E-state index < -0.39 is 0 Å². The van der Waals surface area contributed by atoms with E-state index in [1.54, 1.807) is 7.11 Å². The molecule has 2 amide bonds. The number of methoxy groups -OCH3 is 1. The minimum atomic E-state index is -0.220. The van der Waals surface area contributed by atoms with Crippen LogP contribution in [0.3, 0.4) is 0 Å². The summed E-state index contributed by atoms with van der Waals surface area (Å²) in [6, 6.07) is 7.34. The summed E-state index contributed by atoms with van der Waals surface area (Å²) in [4.78, 5) is 24.8. The molecule has 1 heterocycles. The fourth-order valence-electron chi connectivity index (χ4n) is 2.26. The van der Waals surface area contributed by atoms with Crippen LogP contribution in [-0.4, -0.2) is 36.4 Å². The summed E-state index contributed by atoms with van der Waals surface area (Å²) < 4.78 is 5.23. The zero-order chi connectivity index (χ0) is 13.8. The number of rotatable bonds is 4. The summed E-state index contributed by atoms with van der Waals surface area (Å²) in [6.45, 7) is 0.337. The van der Waals surface area contributed by atoms with Gasteiger partial charge in [-0.15, -0.1) is 0 Å². The average molecular weight is 262 g/mol. The van der Waals surface area contributed by atoms with E-state index in [0.29, 0.717) is 19.4 Å². The van der Waals surface area contributed by atoms with Crippen molar-refractivity contribution in [2.45, 2.75) is 25.3 Å². The van der Waals surface area contributed by atoms with Gasteiger partial charge in [-0.3, -0.25) is 14.5 Å². The van der Waals surface area contributed by atoms with E-state index in [9.17, 15) is 9.59 Å². The van der Waals surface area contributed by atoms with Crippen molar-refractivity contribution in [2.75, 3.05) is 13.7 Å². The number of nitrogens with two attached hydrogens (primary N) is 1. The zero-order valence-electron chi connectivity index (χ0n) is 11.0. The minimum Gasteiger partial charge on any atom is -0.496 e. The summed E-state index contributed by atoms with van der Waals surface area (Å²) in [6.07, 6.45) is 1.11. The smallest absolute Gasteiger partial charge is 0.230 e. The van der Waals surface area contributed by atoms with Crippen LogP contribution in [0.25, 0.3) is 0 Å². The number of amides is 2. The van der Waals surface area contributed by atoms with E-state index in [0.717, 1.165) is 11.3 Å². The molecule has 1 aromatic carbocycles. The molecule has 0 spiro atoms. The third kappa shape index (κ3) is 3.12. The molecular weight excluding hydrogens is 244 g/mol. The first-order valence-electron chi connectivity index (χ1n) is 6.32. The first-order valence-corrected chi connectivity index (χ1v) is 6.32. The Kier molecular flexibility index (Phi) is 4.16. The van der Waals surface area contributed by atoms with Crippen LogP contribution in [0.5, 0.6) is 5.75 Å². The number of aryl methyl sites for hydroxylation is 1. The monoisotopic (exact) mass is 262 g/mol. The summed E-state index contributed by atoms with van der Waals surface area (Å²) in [5.74, 6) is 0.432. The standard InChI is InChI=1S/C14H18N2O3/c1-19-12-5-3-2-4-10(12)6-7-13(17)16-9-11(15)8-14(16)18/h2-5,11H,6-9,15H2,1H3. The largest absolute Gasteiger partial charge is 0.496 e. The van der Waals surface area contributed by atoms with Gasteiger partial charge >= 0.3 is 0 Å². The molecule has 0 bridgehead atoms. The number of nitrogens with zero attached hydrogens (tertiary/aromatic N) is 1. The summed E-state index contributed by atoms with van der Waals surface area (Å²) in [5.41, 5.74) is 6.64. The molecule has 2 rings (SSSR count). The van der Waals surface area contributed by atoms with Crippen molar-refractivity contribution in [3.8, 4) is 5.75 Å². The highest BCUT2D eigenvalue weighted by molar-refractivity contribution is 5.97. The molecule has 5 nitrogen and oxygen atoms in total. The lowest BCUT2D eigenvalue weighted by atomic mass is 10.1. The SMILES string of the molecule is COc1ccccc1CCC(=O)N1CC(N)CC1=O. The number of carbonyl (C=O) groups excluding carboxylic acids is 2. The number of benzene rings is 1. The zero-order valence-corrected chi connectivity index (χ0v) is 11.0. The van der Waals surface area contributed by atoms with Crippen molar-refractivity contribution in [2.24, 2.45) is 5.73 Å². The number of likely N-dealkylation sites (tertiary alicyclic amines) is 1. The van der Waals surface area contributed by atoms with Gasteiger partial charge in [0, 0.05) is 25.4 Å². The van der Waals surface area contributed by atoms with Gasteiger partial charge in [-0.05, 0) is 18.1 Å². The quantitative estimate of drug-likeness (QED) is 0.867. The Bertz CT molecular complexity index is 487. The van der Waals surface area contributed by atoms with Crippen molar-refractivity contribution < 1.29 is 14.3 Å². The number of imide groups is 1. The molecule has 2 N–H and O–H groups in total. The molecule has 1 unspecified atom stereocenters. The second kappa shape index (κ2) is 5.84. The van der Waals surface area contributed by atoms with Gasteiger partial charge < -0.3 is 10.5 Å². The number of hydrogen-bond donors (Lipinski definition) is 1. The fourth-order valence-corrected chi connectivity index (χ4v) is 2.26. The molecule has 1 saturated heterocycles. The van der Waals surface area contributed by atoms with E-state index in [1.807, 2.05) is 24.3 Å². The third-order valence-corrected chi connectivity index (χ3v) is 3.26. The highest BCUT2D eigenvalue weighted by Crippen LogP contribution is 2.20. The maximum atomic E-state index is 12.0.